The largest absolute Gasteiger partial charge is 0.396 e. The topological polar surface area (TPSA) is 88.1 Å². The third-order valence-electron chi connectivity index (χ3n) is 1.78. The maximum atomic E-state index is 13.5. The summed E-state index contributed by atoms with van der Waals surface area (Å²) in [4.78, 5) is 15.7. The number of ketones is 1. The molecule has 0 radical (unpaired) electrons. The Labute approximate surface area is 95.5 Å². The van der Waals surface area contributed by atoms with E-state index in [4.69, 9.17) is 22.6 Å². The van der Waals surface area contributed by atoms with Crippen molar-refractivity contribution < 1.29 is 14.0 Å². The number of hydrogen-bond donors (Lipinski definition) is 2. The molecule has 0 saturated heterocycles. The first-order chi connectivity index (χ1) is 7.52. The molecule has 0 fully saturated rings. The monoisotopic (exact) mass is 243 g/mol. The number of nitrogens with zero attached hydrogens (tertiary/aromatic N) is 1. The van der Waals surface area contributed by atoms with E-state index in [-0.39, 0.29) is 22.0 Å². The fraction of sp³-hybridized carbons (Fsp3) is 0.111. The molecule has 3 N–H and O–H groups in total. The normalized spacial score (nSPS) is 9.62. The molecule has 1 aromatic carbocycles. The number of nitrogens with one attached hydrogen (secondary N) is 1. The van der Waals surface area contributed by atoms with E-state index >= 15 is 0 Å². The van der Waals surface area contributed by atoms with Crippen molar-refractivity contribution in [3.8, 4) is 6.07 Å². The lowest BCUT2D eigenvalue weighted by Crippen LogP contribution is -2.07. The summed E-state index contributed by atoms with van der Waals surface area (Å²) in [7, 11) is 1.24. The lowest BCUT2D eigenvalue weighted by molar-refractivity contribution is 0.105. The summed E-state index contributed by atoms with van der Waals surface area (Å²) in [5.74, 6) is -1.75. The molecule has 0 spiro atoms. The Morgan fingerprint density at radius 3 is 2.88 bits per heavy atom. The SMILES string of the molecule is CONc1c(F)c(N)cc(C(=O)C#N)c1Cl. The van der Waals surface area contributed by atoms with Crippen LogP contribution in [0.1, 0.15) is 10.4 Å². The zero-order valence-corrected chi connectivity index (χ0v) is 8.93. The van der Waals surface area contributed by atoms with Crippen LogP contribution in [0.5, 0.6) is 0 Å². The molecule has 0 aromatic heterocycles. The Hall–Kier alpha value is -1.84. The zero-order chi connectivity index (χ0) is 12.3. The van der Waals surface area contributed by atoms with Gasteiger partial charge in [0.15, 0.2) is 5.82 Å². The van der Waals surface area contributed by atoms with Gasteiger partial charge in [0, 0.05) is 0 Å². The number of halogens is 2. The molecule has 16 heavy (non-hydrogen) atoms. The van der Waals surface area contributed by atoms with Crippen molar-refractivity contribution in [3.63, 3.8) is 0 Å². The van der Waals surface area contributed by atoms with Crippen molar-refractivity contribution in [2.75, 3.05) is 18.3 Å². The minimum absolute atomic E-state index is 0.178. The summed E-state index contributed by atoms with van der Waals surface area (Å²) < 4.78 is 13.5. The van der Waals surface area contributed by atoms with Crippen LogP contribution < -0.4 is 11.2 Å². The van der Waals surface area contributed by atoms with E-state index in [1.54, 1.807) is 0 Å². The third-order valence-corrected chi connectivity index (χ3v) is 2.17. The molecule has 0 atom stereocenters. The molecule has 0 unspecified atom stereocenters. The van der Waals surface area contributed by atoms with Crippen LogP contribution in [0.25, 0.3) is 0 Å². The van der Waals surface area contributed by atoms with Gasteiger partial charge in [0.2, 0.25) is 0 Å². The van der Waals surface area contributed by atoms with Crippen LogP contribution in [0.15, 0.2) is 6.07 Å². The van der Waals surface area contributed by atoms with Crippen LogP contribution in [0.3, 0.4) is 0 Å². The second-order valence-electron chi connectivity index (χ2n) is 2.76. The van der Waals surface area contributed by atoms with Gasteiger partial charge in [-0.15, -0.1) is 0 Å². The quantitative estimate of drug-likeness (QED) is 0.365. The van der Waals surface area contributed by atoms with Crippen molar-refractivity contribution in [1.29, 1.82) is 5.26 Å². The van der Waals surface area contributed by atoms with Crippen LogP contribution in [0, 0.1) is 17.1 Å². The molecular formula is C9H7ClFN3O2. The number of hydrogen-bond acceptors (Lipinski definition) is 5. The molecule has 7 heteroatoms. The lowest BCUT2D eigenvalue weighted by atomic mass is 10.1. The highest BCUT2D eigenvalue weighted by Gasteiger charge is 2.19. The van der Waals surface area contributed by atoms with Gasteiger partial charge in [-0.1, -0.05) is 11.6 Å². The van der Waals surface area contributed by atoms with Gasteiger partial charge in [0.05, 0.1) is 23.4 Å². The number of Topliss-reactive ketones (excluding diaryl/α,β-unsaturated/α-hetero) is 1. The Morgan fingerprint density at radius 2 is 2.38 bits per heavy atom. The number of nitrogen functional groups attached to an aromatic ring is 1. The number of anilines is 2. The molecule has 0 heterocycles. The maximum absolute atomic E-state index is 13.5. The highest BCUT2D eigenvalue weighted by molar-refractivity contribution is 6.37. The fourth-order valence-corrected chi connectivity index (χ4v) is 1.34. The van der Waals surface area contributed by atoms with Crippen LogP contribution in [-0.2, 0) is 4.84 Å². The molecule has 5 nitrogen and oxygen atoms in total. The number of carbonyl (C=O) groups is 1. The highest BCUT2D eigenvalue weighted by atomic mass is 35.5. The van der Waals surface area contributed by atoms with Crippen molar-refractivity contribution in [2.45, 2.75) is 0 Å². The smallest absolute Gasteiger partial charge is 0.263 e. The van der Waals surface area contributed by atoms with E-state index < -0.39 is 11.6 Å². The van der Waals surface area contributed by atoms with Gasteiger partial charge < -0.3 is 5.73 Å². The molecule has 0 aliphatic heterocycles. The highest BCUT2D eigenvalue weighted by Crippen LogP contribution is 2.33. The summed E-state index contributed by atoms with van der Waals surface area (Å²) in [5.41, 5.74) is 6.72. The number of benzene rings is 1. The first kappa shape index (κ1) is 12.2. The minimum Gasteiger partial charge on any atom is -0.396 e. The van der Waals surface area contributed by atoms with Gasteiger partial charge in [-0.05, 0) is 6.07 Å². The Morgan fingerprint density at radius 1 is 1.75 bits per heavy atom. The van der Waals surface area contributed by atoms with Gasteiger partial charge >= 0.3 is 0 Å². The molecule has 1 rings (SSSR count). The van der Waals surface area contributed by atoms with E-state index in [1.165, 1.54) is 13.2 Å². The summed E-state index contributed by atoms with van der Waals surface area (Å²) in [5, 5.41) is 8.20. The lowest BCUT2D eigenvalue weighted by Gasteiger charge is -2.11. The Kier molecular flexibility index (Phi) is 3.66. The van der Waals surface area contributed by atoms with E-state index in [0.29, 0.717) is 0 Å². The first-order valence-electron chi connectivity index (χ1n) is 4.03. The van der Waals surface area contributed by atoms with Gasteiger partial charge in [0.1, 0.15) is 11.8 Å². The maximum Gasteiger partial charge on any atom is 0.263 e. The third kappa shape index (κ3) is 2.05. The van der Waals surface area contributed by atoms with E-state index in [2.05, 4.69) is 10.3 Å². The van der Waals surface area contributed by atoms with Crippen LogP contribution in [0.4, 0.5) is 15.8 Å². The van der Waals surface area contributed by atoms with Crippen molar-refractivity contribution in [3.05, 3.63) is 22.5 Å². The first-order valence-corrected chi connectivity index (χ1v) is 4.41. The Balaban J connectivity index is 3.45. The van der Waals surface area contributed by atoms with Crippen LogP contribution in [0.2, 0.25) is 5.02 Å². The number of nitrogens with two attached hydrogens (primary N) is 1. The van der Waals surface area contributed by atoms with Crippen LogP contribution in [-0.4, -0.2) is 12.9 Å². The molecular weight excluding hydrogens is 237 g/mol. The standard InChI is InChI=1S/C9H7ClFN3O2/c1-16-14-9-7(10)4(6(15)3-12)2-5(13)8(9)11/h2,14H,13H2,1H3. The number of rotatable bonds is 3. The summed E-state index contributed by atoms with van der Waals surface area (Å²) in [6, 6.07) is 2.37. The number of nitriles is 1. The fourth-order valence-electron chi connectivity index (χ4n) is 1.07. The Bertz CT molecular complexity index is 485. The van der Waals surface area contributed by atoms with Crippen LogP contribution >= 0.6 is 11.6 Å². The molecule has 0 aliphatic carbocycles. The van der Waals surface area contributed by atoms with Gasteiger partial charge in [-0.3, -0.25) is 15.1 Å². The minimum atomic E-state index is -0.907. The van der Waals surface area contributed by atoms with E-state index in [0.717, 1.165) is 6.07 Å². The molecule has 0 aliphatic rings. The van der Waals surface area contributed by atoms with E-state index in [9.17, 15) is 9.18 Å². The van der Waals surface area contributed by atoms with Crippen molar-refractivity contribution >= 4 is 28.8 Å². The molecule has 1 aromatic rings. The average Bonchev–Trinajstić information content (AvgIpc) is 2.28. The van der Waals surface area contributed by atoms with Gasteiger partial charge in [-0.2, -0.15) is 5.26 Å². The van der Waals surface area contributed by atoms with Gasteiger partial charge in [0.25, 0.3) is 5.78 Å². The summed E-state index contributed by atoms with van der Waals surface area (Å²) in [6.07, 6.45) is 0. The summed E-state index contributed by atoms with van der Waals surface area (Å²) in [6.45, 7) is 0. The second kappa shape index (κ2) is 4.79. The predicted octanol–water partition coefficient (Wildman–Crippen LogP) is 1.74. The molecule has 0 bridgehead atoms. The molecule has 0 saturated carbocycles. The second-order valence-corrected chi connectivity index (χ2v) is 3.14. The van der Waals surface area contributed by atoms with E-state index in [1.807, 2.05) is 0 Å². The van der Waals surface area contributed by atoms with Crippen molar-refractivity contribution in [1.82, 2.24) is 0 Å². The van der Waals surface area contributed by atoms with Crippen molar-refractivity contribution in [2.24, 2.45) is 0 Å². The average molecular weight is 244 g/mol. The molecule has 84 valence electrons. The zero-order valence-electron chi connectivity index (χ0n) is 8.17. The summed E-state index contributed by atoms with van der Waals surface area (Å²) >= 11 is 5.73. The predicted molar refractivity (Wildman–Crippen MR) is 56.4 cm³/mol. The number of carbonyl (C=O) groups excluding carboxylic acids is 1. The van der Waals surface area contributed by atoms with Gasteiger partial charge in [-0.25, -0.2) is 4.39 Å². The molecule has 0 amide bonds.